The number of anilines is 1. The first-order valence-electron chi connectivity index (χ1n) is 9.09. The van der Waals surface area contributed by atoms with Crippen LogP contribution in [0, 0.1) is 6.92 Å². The lowest BCUT2D eigenvalue weighted by atomic mass is 9.93. The van der Waals surface area contributed by atoms with E-state index < -0.39 is 0 Å². The smallest absolute Gasteiger partial charge is 0.111 e. The molecule has 1 aromatic heterocycles. The molecule has 3 aromatic rings. The van der Waals surface area contributed by atoms with Crippen molar-refractivity contribution in [3.63, 3.8) is 0 Å². The summed E-state index contributed by atoms with van der Waals surface area (Å²) in [4.78, 5) is 7.20. The van der Waals surface area contributed by atoms with E-state index >= 15 is 0 Å². The number of ether oxygens (including phenoxy) is 1. The zero-order valence-corrected chi connectivity index (χ0v) is 14.5. The maximum Gasteiger partial charge on any atom is 0.111 e. The molecule has 1 unspecified atom stereocenters. The third-order valence-corrected chi connectivity index (χ3v) is 5.66. The fourth-order valence-corrected chi connectivity index (χ4v) is 4.51. The van der Waals surface area contributed by atoms with Crippen LogP contribution in [0.1, 0.15) is 23.2 Å². The Balaban J connectivity index is 1.59. The summed E-state index contributed by atoms with van der Waals surface area (Å²) >= 11 is 0. The maximum absolute atomic E-state index is 6.39. The lowest BCUT2D eigenvalue weighted by Gasteiger charge is -2.42. The molecule has 1 aliphatic heterocycles. The quantitative estimate of drug-likeness (QED) is 0.668. The first-order valence-corrected chi connectivity index (χ1v) is 9.09. The molecule has 1 aliphatic carbocycles. The normalized spacial score (nSPS) is 22.5. The lowest BCUT2D eigenvalue weighted by molar-refractivity contribution is -0.0591. The molecule has 0 N–H and O–H groups in total. The summed E-state index contributed by atoms with van der Waals surface area (Å²) in [6.45, 7) is 4.69. The van der Waals surface area contributed by atoms with Gasteiger partial charge in [-0.3, -0.25) is 4.98 Å². The van der Waals surface area contributed by atoms with Crippen LogP contribution in [0.2, 0.25) is 0 Å². The first kappa shape index (κ1) is 14.9. The minimum atomic E-state index is -0.160. The highest BCUT2D eigenvalue weighted by molar-refractivity contribution is 5.92. The van der Waals surface area contributed by atoms with E-state index in [1.165, 1.54) is 22.2 Å². The van der Waals surface area contributed by atoms with Crippen molar-refractivity contribution in [1.82, 2.24) is 4.98 Å². The van der Waals surface area contributed by atoms with Crippen molar-refractivity contribution in [2.24, 2.45) is 0 Å². The van der Waals surface area contributed by atoms with Crippen molar-refractivity contribution >= 4 is 16.6 Å². The van der Waals surface area contributed by atoms with Gasteiger partial charge < -0.3 is 9.64 Å². The van der Waals surface area contributed by atoms with Crippen LogP contribution in [0.5, 0.6) is 0 Å². The van der Waals surface area contributed by atoms with Gasteiger partial charge in [0, 0.05) is 23.3 Å². The molecular weight excluding hydrogens is 308 g/mol. The predicted molar refractivity (Wildman–Crippen MR) is 101 cm³/mol. The Bertz CT molecular complexity index is 948. The summed E-state index contributed by atoms with van der Waals surface area (Å²) < 4.78 is 6.39. The van der Waals surface area contributed by atoms with Gasteiger partial charge in [-0.2, -0.15) is 0 Å². The molecule has 0 saturated carbocycles. The number of fused-ring (bicyclic) bond motifs is 3. The van der Waals surface area contributed by atoms with Crippen LogP contribution in [0.3, 0.4) is 0 Å². The number of morpholine rings is 1. The highest BCUT2D eigenvalue weighted by Crippen LogP contribution is 2.43. The van der Waals surface area contributed by atoms with Gasteiger partial charge in [0.2, 0.25) is 0 Å². The Morgan fingerprint density at radius 3 is 2.88 bits per heavy atom. The number of hydrogen-bond donors (Lipinski definition) is 0. The van der Waals surface area contributed by atoms with Gasteiger partial charge in [0.15, 0.2) is 0 Å². The molecule has 3 heteroatoms. The largest absolute Gasteiger partial charge is 0.367 e. The molecule has 1 fully saturated rings. The van der Waals surface area contributed by atoms with E-state index in [4.69, 9.17) is 9.72 Å². The summed E-state index contributed by atoms with van der Waals surface area (Å²) in [5.41, 5.74) is 6.10. The minimum absolute atomic E-state index is 0.160. The molecule has 0 radical (unpaired) electrons. The highest BCUT2D eigenvalue weighted by Gasteiger charge is 2.43. The minimum Gasteiger partial charge on any atom is -0.367 e. The van der Waals surface area contributed by atoms with E-state index in [1.54, 1.807) is 0 Å². The van der Waals surface area contributed by atoms with Crippen molar-refractivity contribution in [1.29, 1.82) is 0 Å². The number of aryl methyl sites for hydroxylation is 2. The SMILES string of the molecule is Cc1cc(N2CCOC3(CCc4ccccc43)C2)c2ccccc2n1. The second kappa shape index (κ2) is 5.57. The average molecular weight is 330 g/mol. The van der Waals surface area contributed by atoms with E-state index in [-0.39, 0.29) is 5.60 Å². The number of benzene rings is 2. The second-order valence-electron chi connectivity index (χ2n) is 7.22. The zero-order valence-electron chi connectivity index (χ0n) is 14.5. The molecule has 25 heavy (non-hydrogen) atoms. The van der Waals surface area contributed by atoms with Crippen molar-refractivity contribution in [2.45, 2.75) is 25.4 Å². The molecule has 1 saturated heterocycles. The van der Waals surface area contributed by atoms with E-state index in [0.717, 1.165) is 43.7 Å². The molecule has 3 nitrogen and oxygen atoms in total. The molecule has 2 aliphatic rings. The van der Waals surface area contributed by atoms with Crippen LogP contribution in [-0.4, -0.2) is 24.7 Å². The Morgan fingerprint density at radius 2 is 1.92 bits per heavy atom. The van der Waals surface area contributed by atoms with Crippen LogP contribution in [0.4, 0.5) is 5.69 Å². The third kappa shape index (κ3) is 2.34. The van der Waals surface area contributed by atoms with E-state index in [1.807, 2.05) is 0 Å². The van der Waals surface area contributed by atoms with Gasteiger partial charge in [0.25, 0.3) is 0 Å². The number of nitrogens with zero attached hydrogens (tertiary/aromatic N) is 2. The zero-order chi connectivity index (χ0) is 16.9. The molecule has 1 spiro atoms. The summed E-state index contributed by atoms with van der Waals surface area (Å²) in [5.74, 6) is 0. The van der Waals surface area contributed by atoms with E-state index in [0.29, 0.717) is 0 Å². The average Bonchev–Trinajstić information content (AvgIpc) is 2.99. The van der Waals surface area contributed by atoms with Gasteiger partial charge in [-0.15, -0.1) is 0 Å². The topological polar surface area (TPSA) is 25.4 Å². The van der Waals surface area contributed by atoms with Gasteiger partial charge in [-0.25, -0.2) is 0 Å². The fraction of sp³-hybridized carbons (Fsp3) is 0.318. The Morgan fingerprint density at radius 1 is 1.08 bits per heavy atom. The van der Waals surface area contributed by atoms with E-state index in [9.17, 15) is 0 Å². The molecule has 2 heterocycles. The van der Waals surface area contributed by atoms with Gasteiger partial charge in [0.1, 0.15) is 5.60 Å². The molecule has 2 aromatic carbocycles. The number of rotatable bonds is 1. The van der Waals surface area contributed by atoms with Crippen LogP contribution in [-0.2, 0) is 16.8 Å². The Hall–Kier alpha value is -2.39. The molecule has 0 amide bonds. The third-order valence-electron chi connectivity index (χ3n) is 5.66. The summed E-state index contributed by atoms with van der Waals surface area (Å²) in [7, 11) is 0. The molecule has 1 atom stereocenters. The second-order valence-corrected chi connectivity index (χ2v) is 7.22. The Kier molecular flexibility index (Phi) is 3.32. The van der Waals surface area contributed by atoms with Crippen molar-refractivity contribution < 1.29 is 4.74 Å². The van der Waals surface area contributed by atoms with Gasteiger partial charge in [-0.1, -0.05) is 42.5 Å². The van der Waals surface area contributed by atoms with Crippen molar-refractivity contribution in [3.8, 4) is 0 Å². The molecule has 5 rings (SSSR count). The van der Waals surface area contributed by atoms with Gasteiger partial charge >= 0.3 is 0 Å². The number of para-hydroxylation sites is 1. The summed E-state index contributed by atoms with van der Waals surface area (Å²) in [6.07, 6.45) is 2.19. The van der Waals surface area contributed by atoms with Crippen LogP contribution in [0.25, 0.3) is 10.9 Å². The van der Waals surface area contributed by atoms with Crippen molar-refractivity contribution in [3.05, 3.63) is 71.4 Å². The lowest BCUT2D eigenvalue weighted by Crippen LogP contribution is -2.49. The van der Waals surface area contributed by atoms with E-state index in [2.05, 4.69) is 66.4 Å². The van der Waals surface area contributed by atoms with Gasteiger partial charge in [0.05, 0.1) is 18.7 Å². The van der Waals surface area contributed by atoms with Crippen LogP contribution >= 0.6 is 0 Å². The van der Waals surface area contributed by atoms with Gasteiger partial charge in [-0.05, 0) is 43.0 Å². The molecule has 0 bridgehead atoms. The maximum atomic E-state index is 6.39. The first-order chi connectivity index (χ1) is 12.3. The standard InChI is InChI=1S/C22H22N2O/c1-16-14-21(18-7-3-5-9-20(18)23-16)24-12-13-25-22(15-24)11-10-17-6-2-4-8-19(17)22/h2-9,14H,10-13,15H2,1H3. The monoisotopic (exact) mass is 330 g/mol. The highest BCUT2D eigenvalue weighted by atomic mass is 16.5. The number of hydrogen-bond acceptors (Lipinski definition) is 3. The number of pyridine rings is 1. The predicted octanol–water partition coefficient (Wildman–Crippen LogP) is 4.22. The number of aromatic nitrogens is 1. The molecular formula is C22H22N2O. The summed E-state index contributed by atoms with van der Waals surface area (Å²) in [5, 5.41) is 1.23. The molecule has 126 valence electrons. The Labute approximate surface area is 148 Å². The fourth-order valence-electron chi connectivity index (χ4n) is 4.51. The van der Waals surface area contributed by atoms with Crippen LogP contribution in [0.15, 0.2) is 54.6 Å². The van der Waals surface area contributed by atoms with Crippen molar-refractivity contribution in [2.75, 3.05) is 24.6 Å². The van der Waals surface area contributed by atoms with Crippen LogP contribution < -0.4 is 4.90 Å². The summed E-state index contributed by atoms with van der Waals surface area (Å²) in [6, 6.07) is 19.5.